The summed E-state index contributed by atoms with van der Waals surface area (Å²) in [4.78, 5) is 21.3. The van der Waals surface area contributed by atoms with Crippen LogP contribution in [0.5, 0.6) is 0 Å². The molecule has 0 rings (SSSR count). The van der Waals surface area contributed by atoms with Gasteiger partial charge in [-0.2, -0.15) is 0 Å². The number of hydrogen-bond donors (Lipinski definition) is 0. The van der Waals surface area contributed by atoms with Gasteiger partial charge in [0.05, 0.1) is 13.2 Å². The monoisotopic (exact) mass is 310 g/mol. The lowest BCUT2D eigenvalue weighted by Crippen LogP contribution is -2.07. The molecule has 0 atom stereocenters. The van der Waals surface area contributed by atoms with Crippen LogP contribution in [0.1, 0.15) is 6.42 Å². The van der Waals surface area contributed by atoms with Crippen molar-refractivity contribution in [3.63, 3.8) is 0 Å². The average molecular weight is 310 g/mol. The molecule has 0 bridgehead atoms. The van der Waals surface area contributed by atoms with Crippen molar-refractivity contribution in [3.05, 3.63) is 22.8 Å². The molecule has 0 spiro atoms. The second kappa shape index (κ2) is 8.74. The first-order valence-corrected chi connectivity index (χ1v) is 5.18. The molecule has 0 aliphatic rings. The molecule has 0 saturated heterocycles. The first kappa shape index (κ1) is 13.2. The first-order chi connectivity index (χ1) is 6.70. The summed E-state index contributed by atoms with van der Waals surface area (Å²) in [6.07, 6.45) is 2.89. The third-order valence-corrected chi connectivity index (χ3v) is 1.50. The van der Waals surface area contributed by atoms with Crippen LogP contribution in [-0.2, 0) is 19.1 Å². The number of ether oxygens (including phenoxy) is 2. The molecule has 0 saturated carbocycles. The fourth-order valence-electron chi connectivity index (χ4n) is 0.563. The quantitative estimate of drug-likeness (QED) is 0.324. The van der Waals surface area contributed by atoms with Gasteiger partial charge in [0.2, 0.25) is 0 Å². The number of hydrogen-bond acceptors (Lipinski definition) is 4. The summed E-state index contributed by atoms with van der Waals surface area (Å²) < 4.78 is 11.0. The Morgan fingerprint density at radius 3 is 2.29 bits per heavy atom. The molecule has 0 radical (unpaired) electrons. The highest BCUT2D eigenvalue weighted by atomic mass is 127. The highest BCUT2D eigenvalue weighted by Gasteiger charge is 1.97. The van der Waals surface area contributed by atoms with E-state index in [1.807, 2.05) is 22.6 Å². The molecule has 0 aromatic rings. The lowest BCUT2D eigenvalue weighted by molar-refractivity contribution is -0.140. The van der Waals surface area contributed by atoms with Crippen molar-refractivity contribution >= 4 is 34.5 Å². The molecule has 0 heterocycles. The highest BCUT2D eigenvalue weighted by Crippen LogP contribution is 1.90. The lowest BCUT2D eigenvalue weighted by atomic mass is 10.5. The van der Waals surface area contributed by atoms with Gasteiger partial charge in [0, 0.05) is 18.6 Å². The number of esters is 2. The van der Waals surface area contributed by atoms with Gasteiger partial charge < -0.3 is 9.47 Å². The van der Waals surface area contributed by atoms with E-state index < -0.39 is 11.9 Å². The zero-order valence-corrected chi connectivity index (χ0v) is 9.73. The summed E-state index contributed by atoms with van der Waals surface area (Å²) in [5.41, 5.74) is 0. The minimum Gasteiger partial charge on any atom is -0.462 e. The van der Waals surface area contributed by atoms with Crippen LogP contribution >= 0.6 is 22.6 Å². The van der Waals surface area contributed by atoms with E-state index in [9.17, 15) is 9.59 Å². The molecule has 0 aliphatic carbocycles. The number of halogens is 1. The summed E-state index contributed by atoms with van der Waals surface area (Å²) in [5.74, 6) is -0.863. The van der Waals surface area contributed by atoms with E-state index in [0.717, 1.165) is 6.08 Å². The van der Waals surface area contributed by atoms with E-state index in [2.05, 4.69) is 11.3 Å². The smallest absolute Gasteiger partial charge is 0.331 e. The van der Waals surface area contributed by atoms with Gasteiger partial charge in [0.25, 0.3) is 0 Å². The fraction of sp³-hybridized carbons (Fsp3) is 0.333. The summed E-state index contributed by atoms with van der Waals surface area (Å²) in [6.45, 7) is 3.71. The Morgan fingerprint density at radius 2 is 1.79 bits per heavy atom. The fourth-order valence-corrected chi connectivity index (χ4v) is 0.857. The normalized spacial score (nSPS) is 9.79. The Labute approximate surface area is 96.1 Å². The molecule has 0 aliphatic heterocycles. The second-order valence-corrected chi connectivity index (χ2v) is 2.90. The molecule has 5 heteroatoms. The van der Waals surface area contributed by atoms with Crippen LogP contribution in [-0.4, -0.2) is 25.2 Å². The largest absolute Gasteiger partial charge is 0.462 e. The Balaban J connectivity index is 3.34. The molecule has 0 unspecified atom stereocenters. The molecule has 14 heavy (non-hydrogen) atoms. The van der Waals surface area contributed by atoms with E-state index in [4.69, 9.17) is 4.74 Å². The van der Waals surface area contributed by atoms with E-state index in [1.54, 1.807) is 4.08 Å². The van der Waals surface area contributed by atoms with E-state index >= 15 is 0 Å². The van der Waals surface area contributed by atoms with Gasteiger partial charge in [-0.3, -0.25) is 0 Å². The van der Waals surface area contributed by atoms with Crippen LogP contribution in [0.25, 0.3) is 0 Å². The van der Waals surface area contributed by atoms with Crippen molar-refractivity contribution in [3.8, 4) is 0 Å². The molecule has 0 fully saturated rings. The Morgan fingerprint density at radius 1 is 1.21 bits per heavy atom. The molecular weight excluding hydrogens is 299 g/mol. The standard InChI is InChI=1S/C9H11IO4/c1-2-8(11)13-6-3-7-14-9(12)4-5-10/h2,4-5H,1,3,6-7H2/b5-4+. The maximum atomic E-state index is 10.8. The summed E-state index contributed by atoms with van der Waals surface area (Å²) >= 11 is 1.92. The number of rotatable bonds is 6. The molecule has 0 N–H and O–H groups in total. The van der Waals surface area contributed by atoms with Crippen LogP contribution in [0.3, 0.4) is 0 Å². The minimum absolute atomic E-state index is 0.228. The van der Waals surface area contributed by atoms with Crippen molar-refractivity contribution < 1.29 is 19.1 Å². The van der Waals surface area contributed by atoms with Crippen molar-refractivity contribution in [2.24, 2.45) is 0 Å². The third kappa shape index (κ3) is 7.78. The Kier molecular flexibility index (Phi) is 8.20. The first-order valence-electron chi connectivity index (χ1n) is 3.93. The van der Waals surface area contributed by atoms with Gasteiger partial charge in [-0.05, 0) is 4.08 Å². The van der Waals surface area contributed by atoms with Gasteiger partial charge in [-0.25, -0.2) is 9.59 Å². The maximum absolute atomic E-state index is 10.8. The summed E-state index contributed by atoms with van der Waals surface area (Å²) in [7, 11) is 0. The average Bonchev–Trinajstić information content (AvgIpc) is 2.17. The number of carbonyl (C=O) groups excluding carboxylic acids is 2. The molecule has 0 aromatic carbocycles. The predicted octanol–water partition coefficient (Wildman–Crippen LogP) is 1.60. The molecule has 4 nitrogen and oxygen atoms in total. The van der Waals surface area contributed by atoms with E-state index in [1.165, 1.54) is 6.08 Å². The van der Waals surface area contributed by atoms with Crippen LogP contribution in [0.15, 0.2) is 22.8 Å². The summed E-state index contributed by atoms with van der Waals surface area (Å²) in [5, 5.41) is 0. The van der Waals surface area contributed by atoms with Crippen molar-refractivity contribution in [2.75, 3.05) is 13.2 Å². The van der Waals surface area contributed by atoms with Crippen molar-refractivity contribution in [2.45, 2.75) is 6.42 Å². The van der Waals surface area contributed by atoms with Gasteiger partial charge in [0.1, 0.15) is 0 Å². The van der Waals surface area contributed by atoms with Crippen LogP contribution < -0.4 is 0 Å². The maximum Gasteiger partial charge on any atom is 0.331 e. The second-order valence-electron chi connectivity index (χ2n) is 2.19. The Bertz CT molecular complexity index is 235. The van der Waals surface area contributed by atoms with E-state index in [-0.39, 0.29) is 13.2 Å². The van der Waals surface area contributed by atoms with Crippen LogP contribution in [0.2, 0.25) is 0 Å². The zero-order valence-electron chi connectivity index (χ0n) is 7.57. The lowest BCUT2D eigenvalue weighted by Gasteiger charge is -2.02. The van der Waals surface area contributed by atoms with Crippen LogP contribution in [0.4, 0.5) is 0 Å². The Hall–Kier alpha value is -0.850. The van der Waals surface area contributed by atoms with Gasteiger partial charge in [-0.15, -0.1) is 0 Å². The van der Waals surface area contributed by atoms with Crippen LogP contribution in [0, 0.1) is 0 Å². The SMILES string of the molecule is C=CC(=O)OCCCOC(=O)/C=C/I. The van der Waals surface area contributed by atoms with Crippen molar-refractivity contribution in [1.29, 1.82) is 0 Å². The van der Waals surface area contributed by atoms with Gasteiger partial charge in [0.15, 0.2) is 0 Å². The van der Waals surface area contributed by atoms with Gasteiger partial charge in [-0.1, -0.05) is 29.2 Å². The summed E-state index contributed by atoms with van der Waals surface area (Å²) in [6, 6.07) is 0. The van der Waals surface area contributed by atoms with Gasteiger partial charge >= 0.3 is 11.9 Å². The predicted molar refractivity (Wildman–Crippen MR) is 59.9 cm³/mol. The minimum atomic E-state index is -0.469. The number of carbonyl (C=O) groups is 2. The molecule has 78 valence electrons. The highest BCUT2D eigenvalue weighted by molar-refractivity contribution is 14.1. The molecule has 0 aromatic heterocycles. The topological polar surface area (TPSA) is 52.6 Å². The molecule has 0 amide bonds. The van der Waals surface area contributed by atoms with Crippen molar-refractivity contribution in [1.82, 2.24) is 0 Å². The molecular formula is C9H11IO4. The zero-order chi connectivity index (χ0) is 10.8. The van der Waals surface area contributed by atoms with E-state index in [0.29, 0.717) is 6.42 Å². The third-order valence-electron chi connectivity index (χ3n) is 1.14.